The zero-order valence-electron chi connectivity index (χ0n) is 6.22. The molecule has 1 saturated carbocycles. The lowest BCUT2D eigenvalue weighted by molar-refractivity contribution is -0.124. The zero-order chi connectivity index (χ0) is 7.56. The van der Waals surface area contributed by atoms with Crippen LogP contribution in [-0.2, 0) is 9.59 Å². The first-order valence-electron chi connectivity index (χ1n) is 3.78. The van der Waals surface area contributed by atoms with Gasteiger partial charge in [-0.25, -0.2) is 0 Å². The highest BCUT2D eigenvalue weighted by Gasteiger charge is 2.26. The monoisotopic (exact) mass is 140 g/mol. The van der Waals surface area contributed by atoms with E-state index in [-0.39, 0.29) is 17.5 Å². The summed E-state index contributed by atoms with van der Waals surface area (Å²) >= 11 is 0. The standard InChI is InChI=1S/C8H12O2/c1-2-8(10)6-3-4-7(9)5-6/h6H,2-5H2,1H3/t6-/m1/s1. The second-order valence-corrected chi connectivity index (χ2v) is 2.80. The van der Waals surface area contributed by atoms with Gasteiger partial charge in [0.15, 0.2) is 0 Å². The van der Waals surface area contributed by atoms with E-state index < -0.39 is 0 Å². The summed E-state index contributed by atoms with van der Waals surface area (Å²) in [6, 6.07) is 0. The molecule has 10 heavy (non-hydrogen) atoms. The second-order valence-electron chi connectivity index (χ2n) is 2.80. The van der Waals surface area contributed by atoms with Crippen LogP contribution in [-0.4, -0.2) is 11.6 Å². The van der Waals surface area contributed by atoms with Crippen molar-refractivity contribution in [3.05, 3.63) is 0 Å². The van der Waals surface area contributed by atoms with Crippen molar-refractivity contribution < 1.29 is 9.59 Å². The Morgan fingerprint density at radius 2 is 2.40 bits per heavy atom. The van der Waals surface area contributed by atoms with Crippen molar-refractivity contribution in [2.75, 3.05) is 0 Å². The first kappa shape index (κ1) is 7.45. The topological polar surface area (TPSA) is 34.1 Å². The lowest BCUT2D eigenvalue weighted by atomic mass is 10.0. The summed E-state index contributed by atoms with van der Waals surface area (Å²) < 4.78 is 0. The molecule has 0 aromatic carbocycles. The first-order valence-corrected chi connectivity index (χ1v) is 3.78. The van der Waals surface area contributed by atoms with Crippen LogP contribution in [0.5, 0.6) is 0 Å². The molecule has 0 radical (unpaired) electrons. The summed E-state index contributed by atoms with van der Waals surface area (Å²) in [7, 11) is 0. The third kappa shape index (κ3) is 1.43. The number of carbonyl (C=O) groups excluding carboxylic acids is 2. The van der Waals surface area contributed by atoms with Gasteiger partial charge in [-0.05, 0) is 6.42 Å². The molecule has 0 aliphatic heterocycles. The van der Waals surface area contributed by atoms with Crippen LogP contribution in [0.2, 0.25) is 0 Å². The van der Waals surface area contributed by atoms with Gasteiger partial charge in [-0.15, -0.1) is 0 Å². The quantitative estimate of drug-likeness (QED) is 0.580. The van der Waals surface area contributed by atoms with Gasteiger partial charge in [0.1, 0.15) is 11.6 Å². The first-order chi connectivity index (χ1) is 4.74. The molecule has 56 valence electrons. The van der Waals surface area contributed by atoms with Crippen molar-refractivity contribution in [1.82, 2.24) is 0 Å². The summed E-state index contributed by atoms with van der Waals surface area (Å²) in [6.45, 7) is 1.85. The highest BCUT2D eigenvalue weighted by Crippen LogP contribution is 2.23. The van der Waals surface area contributed by atoms with E-state index in [1.165, 1.54) is 0 Å². The van der Waals surface area contributed by atoms with Gasteiger partial charge in [0.25, 0.3) is 0 Å². The molecule has 0 unspecified atom stereocenters. The summed E-state index contributed by atoms with van der Waals surface area (Å²) in [5.41, 5.74) is 0. The molecule has 1 fully saturated rings. The Morgan fingerprint density at radius 1 is 1.70 bits per heavy atom. The average molecular weight is 140 g/mol. The van der Waals surface area contributed by atoms with Gasteiger partial charge < -0.3 is 0 Å². The number of ketones is 2. The van der Waals surface area contributed by atoms with E-state index in [4.69, 9.17) is 0 Å². The number of rotatable bonds is 2. The highest BCUT2D eigenvalue weighted by atomic mass is 16.1. The molecule has 0 bridgehead atoms. The van der Waals surface area contributed by atoms with Crippen LogP contribution in [0, 0.1) is 5.92 Å². The number of Topliss-reactive ketones (excluding diaryl/α,β-unsaturated/α-hetero) is 2. The van der Waals surface area contributed by atoms with Gasteiger partial charge in [-0.1, -0.05) is 6.92 Å². The predicted molar refractivity (Wildman–Crippen MR) is 37.6 cm³/mol. The molecule has 1 aliphatic carbocycles. The molecule has 0 aromatic heterocycles. The van der Waals surface area contributed by atoms with Crippen molar-refractivity contribution in [3.8, 4) is 0 Å². The highest BCUT2D eigenvalue weighted by molar-refractivity contribution is 5.90. The Bertz CT molecular complexity index is 161. The Labute approximate surface area is 60.6 Å². The minimum Gasteiger partial charge on any atom is -0.300 e. The van der Waals surface area contributed by atoms with Gasteiger partial charge in [0.05, 0.1) is 0 Å². The smallest absolute Gasteiger partial charge is 0.136 e. The molecule has 0 amide bonds. The molecule has 1 aliphatic rings. The van der Waals surface area contributed by atoms with Gasteiger partial charge in [-0.3, -0.25) is 9.59 Å². The van der Waals surface area contributed by atoms with Crippen LogP contribution in [0.4, 0.5) is 0 Å². The van der Waals surface area contributed by atoms with E-state index in [2.05, 4.69) is 0 Å². The van der Waals surface area contributed by atoms with Crippen LogP contribution in [0.3, 0.4) is 0 Å². The van der Waals surface area contributed by atoms with E-state index in [0.29, 0.717) is 19.3 Å². The molecule has 0 N–H and O–H groups in total. The van der Waals surface area contributed by atoms with Crippen molar-refractivity contribution in [1.29, 1.82) is 0 Å². The number of hydrogen-bond acceptors (Lipinski definition) is 2. The molecular formula is C8H12O2. The molecule has 2 heteroatoms. The van der Waals surface area contributed by atoms with Crippen molar-refractivity contribution >= 4 is 11.6 Å². The van der Waals surface area contributed by atoms with Gasteiger partial charge in [0, 0.05) is 25.2 Å². The van der Waals surface area contributed by atoms with Crippen molar-refractivity contribution in [2.24, 2.45) is 5.92 Å². The normalized spacial score (nSPS) is 25.3. The predicted octanol–water partition coefficient (Wildman–Crippen LogP) is 1.33. The van der Waals surface area contributed by atoms with Crippen LogP contribution >= 0.6 is 0 Å². The fourth-order valence-electron chi connectivity index (χ4n) is 1.38. The van der Waals surface area contributed by atoms with E-state index in [1.54, 1.807) is 0 Å². The minimum atomic E-state index is 0.0671. The van der Waals surface area contributed by atoms with E-state index in [0.717, 1.165) is 6.42 Å². The maximum atomic E-state index is 11.0. The minimum absolute atomic E-state index is 0.0671. The van der Waals surface area contributed by atoms with E-state index in [9.17, 15) is 9.59 Å². The van der Waals surface area contributed by atoms with Crippen LogP contribution in [0.1, 0.15) is 32.6 Å². The third-order valence-electron chi connectivity index (χ3n) is 2.05. The Balaban J connectivity index is 2.44. The lowest BCUT2D eigenvalue weighted by Gasteiger charge is -2.01. The fraction of sp³-hybridized carbons (Fsp3) is 0.750. The Kier molecular flexibility index (Phi) is 2.20. The molecule has 0 spiro atoms. The average Bonchev–Trinajstić information content (AvgIpc) is 2.34. The Morgan fingerprint density at radius 3 is 2.80 bits per heavy atom. The SMILES string of the molecule is CCC(=O)[C@@H]1CCC(=O)C1. The van der Waals surface area contributed by atoms with Crippen LogP contribution in [0.25, 0.3) is 0 Å². The molecule has 2 nitrogen and oxygen atoms in total. The molecule has 0 saturated heterocycles. The maximum Gasteiger partial charge on any atom is 0.136 e. The molecule has 0 heterocycles. The van der Waals surface area contributed by atoms with Gasteiger partial charge >= 0.3 is 0 Å². The number of carbonyl (C=O) groups is 2. The third-order valence-corrected chi connectivity index (χ3v) is 2.05. The van der Waals surface area contributed by atoms with Crippen LogP contribution in [0.15, 0.2) is 0 Å². The largest absolute Gasteiger partial charge is 0.300 e. The zero-order valence-corrected chi connectivity index (χ0v) is 6.22. The van der Waals surface area contributed by atoms with Crippen LogP contribution < -0.4 is 0 Å². The molecular weight excluding hydrogens is 128 g/mol. The maximum absolute atomic E-state index is 11.0. The van der Waals surface area contributed by atoms with Crippen molar-refractivity contribution in [3.63, 3.8) is 0 Å². The molecule has 0 aromatic rings. The molecule has 1 rings (SSSR count). The number of hydrogen-bond donors (Lipinski definition) is 0. The summed E-state index contributed by atoms with van der Waals surface area (Å²) in [5.74, 6) is 0.579. The Hall–Kier alpha value is -0.660. The van der Waals surface area contributed by atoms with Gasteiger partial charge in [0.2, 0.25) is 0 Å². The van der Waals surface area contributed by atoms with E-state index in [1.807, 2.05) is 6.92 Å². The summed E-state index contributed by atoms with van der Waals surface area (Å²) in [5, 5.41) is 0. The molecule has 1 atom stereocenters. The fourth-order valence-corrected chi connectivity index (χ4v) is 1.38. The van der Waals surface area contributed by atoms with Gasteiger partial charge in [-0.2, -0.15) is 0 Å². The van der Waals surface area contributed by atoms with Crippen molar-refractivity contribution in [2.45, 2.75) is 32.6 Å². The second kappa shape index (κ2) is 2.95. The summed E-state index contributed by atoms with van der Waals surface area (Å²) in [4.78, 5) is 21.7. The summed E-state index contributed by atoms with van der Waals surface area (Å²) in [6.07, 6.45) is 2.51. The van der Waals surface area contributed by atoms with E-state index >= 15 is 0 Å². The lowest BCUT2D eigenvalue weighted by Crippen LogP contribution is -2.09.